The number of hydrogen-bond donors (Lipinski definition) is 3. The van der Waals surface area contributed by atoms with Crippen LogP contribution in [0.3, 0.4) is 0 Å². The predicted molar refractivity (Wildman–Crippen MR) is 94.7 cm³/mol. The van der Waals surface area contributed by atoms with Gasteiger partial charge in [-0.05, 0) is 31.2 Å². The van der Waals surface area contributed by atoms with E-state index in [1.54, 1.807) is 37.4 Å². The van der Waals surface area contributed by atoms with Gasteiger partial charge in [0.05, 0.1) is 23.4 Å². The van der Waals surface area contributed by atoms with Crippen LogP contribution in [0.4, 0.5) is 15.9 Å². The van der Waals surface area contributed by atoms with E-state index in [0.29, 0.717) is 28.2 Å². The molecule has 3 rings (SSSR count). The number of nitrogen functional groups attached to an aromatic ring is 1. The van der Waals surface area contributed by atoms with E-state index in [2.05, 4.69) is 15.1 Å². The van der Waals surface area contributed by atoms with Crippen molar-refractivity contribution in [3.8, 4) is 0 Å². The molecule has 0 bridgehead atoms. The first-order chi connectivity index (χ1) is 12.0. The topological polar surface area (TPSA) is 114 Å². The molecule has 0 saturated carbocycles. The van der Waals surface area contributed by atoms with Crippen LogP contribution in [-0.2, 0) is 6.54 Å². The molecule has 2 aromatic heterocycles. The van der Waals surface area contributed by atoms with Crippen LogP contribution in [0.25, 0.3) is 10.9 Å². The van der Waals surface area contributed by atoms with Gasteiger partial charge in [0, 0.05) is 23.2 Å². The fourth-order valence-electron chi connectivity index (χ4n) is 2.46. The maximum Gasteiger partial charge on any atom is 0.166 e. The lowest BCUT2D eigenvalue weighted by Crippen LogP contribution is -2.32. The Labute approximate surface area is 143 Å². The highest BCUT2D eigenvalue weighted by Gasteiger charge is 2.14. The largest absolute Gasteiger partial charge is 0.411 e. The third-order valence-corrected chi connectivity index (χ3v) is 3.81. The number of fused-ring (bicyclic) bond motifs is 1. The molecule has 1 aromatic carbocycles. The predicted octanol–water partition coefficient (Wildman–Crippen LogP) is 2.43. The van der Waals surface area contributed by atoms with Gasteiger partial charge in [-0.3, -0.25) is 9.99 Å². The molecule has 3 aromatic rings. The van der Waals surface area contributed by atoms with Crippen molar-refractivity contribution in [3.63, 3.8) is 0 Å². The van der Waals surface area contributed by atoms with Crippen LogP contribution in [0.15, 0.2) is 47.8 Å². The van der Waals surface area contributed by atoms with Crippen LogP contribution in [0, 0.1) is 5.82 Å². The van der Waals surface area contributed by atoms with Gasteiger partial charge in [-0.2, -0.15) is 0 Å². The Hall–Kier alpha value is -3.26. The van der Waals surface area contributed by atoms with Crippen molar-refractivity contribution >= 4 is 28.1 Å². The zero-order chi connectivity index (χ0) is 18.0. The second kappa shape index (κ2) is 6.70. The minimum atomic E-state index is -0.413. The number of aromatic nitrogens is 2. The summed E-state index contributed by atoms with van der Waals surface area (Å²) in [5, 5.41) is 14.0. The zero-order valence-electron chi connectivity index (χ0n) is 13.5. The first kappa shape index (κ1) is 16.6. The summed E-state index contributed by atoms with van der Waals surface area (Å²) >= 11 is 0. The number of oxime groups is 1. The molecule has 0 amide bonds. The molecule has 0 aliphatic heterocycles. The molecule has 2 heterocycles. The van der Waals surface area contributed by atoms with Crippen LogP contribution in [0.2, 0.25) is 0 Å². The van der Waals surface area contributed by atoms with Crippen LogP contribution in [0.1, 0.15) is 18.2 Å². The summed E-state index contributed by atoms with van der Waals surface area (Å²) in [6.45, 7) is 1.66. The minimum Gasteiger partial charge on any atom is -0.411 e. The van der Waals surface area contributed by atoms with Gasteiger partial charge in [-0.1, -0.05) is 11.2 Å². The quantitative estimate of drug-likeness (QED) is 0.291. The molecule has 0 fully saturated rings. The van der Waals surface area contributed by atoms with E-state index in [9.17, 15) is 4.39 Å². The lowest BCUT2D eigenvalue weighted by molar-refractivity contribution is 0.319. The standard InChI is InChI=1S/C17H17FN6O/c1-10(23-25)15-5-4-14(19)17(22-15)24(20)9-12-7-11-3-2-6-21-16(11)8-13(12)18/h2-8,25H,9,19-20H2,1H3/b23-10-. The van der Waals surface area contributed by atoms with Crippen molar-refractivity contribution in [1.29, 1.82) is 0 Å². The number of pyridine rings is 2. The van der Waals surface area contributed by atoms with Gasteiger partial charge >= 0.3 is 0 Å². The maximum absolute atomic E-state index is 14.3. The van der Waals surface area contributed by atoms with E-state index < -0.39 is 5.82 Å². The third kappa shape index (κ3) is 3.33. The van der Waals surface area contributed by atoms with Crippen molar-refractivity contribution in [3.05, 3.63) is 59.7 Å². The van der Waals surface area contributed by atoms with Crippen LogP contribution >= 0.6 is 0 Å². The van der Waals surface area contributed by atoms with Crippen LogP contribution in [-0.4, -0.2) is 20.9 Å². The van der Waals surface area contributed by atoms with Crippen LogP contribution < -0.4 is 16.6 Å². The Morgan fingerprint density at radius 2 is 2.12 bits per heavy atom. The molecule has 5 N–H and O–H groups in total. The molecule has 0 spiro atoms. The fourth-order valence-corrected chi connectivity index (χ4v) is 2.46. The van der Waals surface area contributed by atoms with Crippen LogP contribution in [0.5, 0.6) is 0 Å². The normalized spacial score (nSPS) is 11.7. The molecule has 0 radical (unpaired) electrons. The average molecular weight is 340 g/mol. The molecular formula is C17H17FN6O. The lowest BCUT2D eigenvalue weighted by atomic mass is 10.1. The Morgan fingerprint density at radius 1 is 1.32 bits per heavy atom. The highest BCUT2D eigenvalue weighted by Crippen LogP contribution is 2.23. The summed E-state index contributed by atoms with van der Waals surface area (Å²) in [4.78, 5) is 8.40. The fraction of sp³-hybridized carbons (Fsp3) is 0.118. The van der Waals surface area contributed by atoms with E-state index >= 15 is 0 Å². The maximum atomic E-state index is 14.3. The van der Waals surface area contributed by atoms with Gasteiger partial charge in [0.2, 0.25) is 0 Å². The second-order valence-electron chi connectivity index (χ2n) is 5.56. The van der Waals surface area contributed by atoms with E-state index in [4.69, 9.17) is 16.8 Å². The van der Waals surface area contributed by atoms with E-state index in [1.165, 1.54) is 11.1 Å². The molecule has 0 saturated heterocycles. The monoisotopic (exact) mass is 340 g/mol. The number of nitrogens with zero attached hydrogens (tertiary/aromatic N) is 4. The van der Waals surface area contributed by atoms with Gasteiger partial charge in [0.25, 0.3) is 0 Å². The van der Waals surface area contributed by atoms with Crippen molar-refractivity contribution in [2.75, 3.05) is 10.7 Å². The molecule has 8 heteroatoms. The molecule has 0 unspecified atom stereocenters. The second-order valence-corrected chi connectivity index (χ2v) is 5.56. The summed E-state index contributed by atoms with van der Waals surface area (Å²) in [5.41, 5.74) is 7.96. The first-order valence-electron chi connectivity index (χ1n) is 7.50. The zero-order valence-corrected chi connectivity index (χ0v) is 13.5. The highest BCUT2D eigenvalue weighted by molar-refractivity contribution is 5.97. The third-order valence-electron chi connectivity index (χ3n) is 3.81. The summed E-state index contributed by atoms with van der Waals surface area (Å²) in [6, 6.07) is 9.91. The van der Waals surface area contributed by atoms with Gasteiger partial charge in [0.1, 0.15) is 11.5 Å². The van der Waals surface area contributed by atoms with Crippen molar-refractivity contribution < 1.29 is 9.60 Å². The smallest absolute Gasteiger partial charge is 0.166 e. The molecule has 25 heavy (non-hydrogen) atoms. The number of hydrogen-bond acceptors (Lipinski definition) is 7. The molecule has 0 aliphatic carbocycles. The summed E-state index contributed by atoms with van der Waals surface area (Å²) in [6.07, 6.45) is 1.61. The molecule has 7 nitrogen and oxygen atoms in total. The van der Waals surface area contributed by atoms with Gasteiger partial charge in [0.15, 0.2) is 5.82 Å². The van der Waals surface area contributed by atoms with Gasteiger partial charge < -0.3 is 10.9 Å². The number of hydrazine groups is 1. The van der Waals surface area contributed by atoms with Gasteiger partial charge in [-0.15, -0.1) is 0 Å². The summed E-state index contributed by atoms with van der Waals surface area (Å²) in [7, 11) is 0. The Balaban J connectivity index is 1.95. The van der Waals surface area contributed by atoms with E-state index in [1.807, 2.05) is 6.07 Å². The lowest BCUT2D eigenvalue weighted by Gasteiger charge is -2.20. The van der Waals surface area contributed by atoms with Gasteiger partial charge in [-0.25, -0.2) is 15.2 Å². The number of nitrogens with two attached hydrogens (primary N) is 2. The average Bonchev–Trinajstić information content (AvgIpc) is 2.62. The molecular weight excluding hydrogens is 323 g/mol. The summed E-state index contributed by atoms with van der Waals surface area (Å²) < 4.78 is 14.3. The molecule has 128 valence electrons. The van der Waals surface area contributed by atoms with Crippen molar-refractivity contribution in [2.24, 2.45) is 11.0 Å². The van der Waals surface area contributed by atoms with E-state index in [-0.39, 0.29) is 12.4 Å². The Kier molecular flexibility index (Phi) is 4.44. The Bertz CT molecular complexity index is 959. The van der Waals surface area contributed by atoms with Crippen molar-refractivity contribution in [1.82, 2.24) is 9.97 Å². The van der Waals surface area contributed by atoms with Crippen molar-refractivity contribution in [2.45, 2.75) is 13.5 Å². The number of anilines is 2. The number of rotatable bonds is 4. The minimum absolute atomic E-state index is 0.0621. The molecule has 0 aliphatic rings. The number of halogens is 1. The molecule has 0 atom stereocenters. The number of benzene rings is 1. The summed E-state index contributed by atoms with van der Waals surface area (Å²) in [5.74, 6) is 5.91. The highest BCUT2D eigenvalue weighted by atomic mass is 19.1. The first-order valence-corrected chi connectivity index (χ1v) is 7.50. The SMILES string of the molecule is C/C(=N/O)c1ccc(N)c(N(N)Cc2cc3cccnc3cc2F)n1. The van der Waals surface area contributed by atoms with E-state index in [0.717, 1.165) is 5.39 Å². The Morgan fingerprint density at radius 3 is 2.88 bits per heavy atom.